The van der Waals surface area contributed by atoms with E-state index in [1.807, 2.05) is 26.0 Å². The van der Waals surface area contributed by atoms with E-state index in [0.717, 1.165) is 21.9 Å². The molecular formula is C14H17N3. The molecule has 3 heteroatoms. The van der Waals surface area contributed by atoms with Crippen molar-refractivity contribution >= 4 is 21.9 Å². The van der Waals surface area contributed by atoms with Crippen molar-refractivity contribution < 1.29 is 0 Å². The Morgan fingerprint density at radius 2 is 1.88 bits per heavy atom. The third-order valence-corrected chi connectivity index (χ3v) is 2.72. The smallest absolute Gasteiger partial charge is 0.159 e. The van der Waals surface area contributed by atoms with E-state index in [4.69, 9.17) is 5.84 Å². The van der Waals surface area contributed by atoms with Crippen LogP contribution in [-0.2, 0) is 0 Å². The Morgan fingerprint density at radius 1 is 1.12 bits per heavy atom. The van der Waals surface area contributed by atoms with Gasteiger partial charge in [-0.15, -0.1) is 0 Å². The predicted octanol–water partition coefficient (Wildman–Crippen LogP) is 3.24. The van der Waals surface area contributed by atoms with Gasteiger partial charge in [0, 0.05) is 17.0 Å². The van der Waals surface area contributed by atoms with Crippen LogP contribution in [0.5, 0.6) is 0 Å². The number of pyridine rings is 1. The molecule has 0 fully saturated rings. The molecule has 0 bridgehead atoms. The van der Waals surface area contributed by atoms with Crippen LogP contribution in [0.25, 0.3) is 21.9 Å². The van der Waals surface area contributed by atoms with Crippen LogP contribution in [0.15, 0.2) is 36.5 Å². The van der Waals surface area contributed by atoms with Gasteiger partial charge in [-0.05, 0) is 30.7 Å². The van der Waals surface area contributed by atoms with Crippen molar-refractivity contribution in [1.82, 2.24) is 9.66 Å². The normalized spacial score (nSPS) is 10.3. The first-order valence-corrected chi connectivity index (χ1v) is 5.88. The summed E-state index contributed by atoms with van der Waals surface area (Å²) in [5.41, 5.74) is 3.07. The van der Waals surface area contributed by atoms with Crippen molar-refractivity contribution in [3.05, 3.63) is 42.1 Å². The number of nitrogens with two attached hydrogens (primary N) is 1. The molecule has 0 aliphatic heterocycles. The number of benzene rings is 1. The fourth-order valence-corrected chi connectivity index (χ4v) is 1.98. The molecule has 3 rings (SSSR count). The molecule has 0 unspecified atom stereocenters. The molecule has 3 aromatic rings. The van der Waals surface area contributed by atoms with E-state index in [2.05, 4.69) is 30.1 Å². The monoisotopic (exact) mass is 227 g/mol. The second-order valence-corrected chi connectivity index (χ2v) is 3.77. The summed E-state index contributed by atoms with van der Waals surface area (Å²) in [5.74, 6) is 6.00. The van der Waals surface area contributed by atoms with Gasteiger partial charge in [0.05, 0.1) is 5.52 Å². The maximum atomic E-state index is 6.00. The maximum Gasteiger partial charge on any atom is 0.159 e. The summed E-state index contributed by atoms with van der Waals surface area (Å²) in [4.78, 5) is 4.29. The van der Waals surface area contributed by atoms with E-state index in [1.165, 1.54) is 5.56 Å². The first-order valence-electron chi connectivity index (χ1n) is 5.88. The Hall–Kier alpha value is -2.03. The Bertz CT molecular complexity index is 653. The lowest BCUT2D eigenvalue weighted by molar-refractivity contribution is 1.08. The summed E-state index contributed by atoms with van der Waals surface area (Å²) in [6.45, 7) is 6.06. The average Bonchev–Trinajstić information content (AvgIpc) is 2.66. The van der Waals surface area contributed by atoms with E-state index in [0.29, 0.717) is 0 Å². The fraction of sp³-hybridized carbons (Fsp3) is 0.214. The van der Waals surface area contributed by atoms with Gasteiger partial charge in [-0.1, -0.05) is 26.0 Å². The Kier molecular flexibility index (Phi) is 3.00. The van der Waals surface area contributed by atoms with Crippen LogP contribution in [0.3, 0.4) is 0 Å². The number of nitrogen functional groups attached to an aromatic ring is 1. The summed E-state index contributed by atoms with van der Waals surface area (Å²) in [6, 6.07) is 10.2. The molecular weight excluding hydrogens is 210 g/mol. The summed E-state index contributed by atoms with van der Waals surface area (Å²) < 4.78 is 1.65. The van der Waals surface area contributed by atoms with Crippen LogP contribution in [0.1, 0.15) is 19.4 Å². The van der Waals surface area contributed by atoms with Crippen molar-refractivity contribution in [2.75, 3.05) is 5.84 Å². The highest BCUT2D eigenvalue weighted by atomic mass is 15.3. The van der Waals surface area contributed by atoms with Gasteiger partial charge in [-0.3, -0.25) is 0 Å². The second-order valence-electron chi connectivity index (χ2n) is 3.77. The number of nitrogens with zero attached hydrogens (tertiary/aromatic N) is 2. The largest absolute Gasteiger partial charge is 0.337 e. The first-order chi connectivity index (χ1) is 8.27. The van der Waals surface area contributed by atoms with Gasteiger partial charge < -0.3 is 5.84 Å². The van der Waals surface area contributed by atoms with Gasteiger partial charge in [-0.25, -0.2) is 9.66 Å². The van der Waals surface area contributed by atoms with Crippen LogP contribution in [-0.4, -0.2) is 9.66 Å². The molecule has 0 radical (unpaired) electrons. The standard InChI is InChI=1S/C12H11N3.C2H6/c1-8-4-5-9-10-3-2-6-14-12(10)15(13)11(9)7-8;1-2/h2-7H,13H2,1H3;1-2H3. The summed E-state index contributed by atoms with van der Waals surface area (Å²) in [7, 11) is 0. The van der Waals surface area contributed by atoms with Crippen LogP contribution in [0.2, 0.25) is 0 Å². The van der Waals surface area contributed by atoms with Crippen LogP contribution < -0.4 is 5.84 Å². The highest BCUT2D eigenvalue weighted by Crippen LogP contribution is 2.25. The van der Waals surface area contributed by atoms with Crippen molar-refractivity contribution in [3.63, 3.8) is 0 Å². The third kappa shape index (κ3) is 1.73. The van der Waals surface area contributed by atoms with Crippen molar-refractivity contribution in [1.29, 1.82) is 0 Å². The number of hydrogen-bond donors (Lipinski definition) is 1. The molecule has 3 nitrogen and oxygen atoms in total. The molecule has 0 aliphatic rings. The zero-order valence-corrected chi connectivity index (χ0v) is 10.4. The number of fused-ring (bicyclic) bond motifs is 3. The minimum absolute atomic E-state index is 0.832. The highest BCUT2D eigenvalue weighted by Gasteiger charge is 2.08. The van der Waals surface area contributed by atoms with Gasteiger partial charge in [0.25, 0.3) is 0 Å². The quantitative estimate of drug-likeness (QED) is 0.599. The van der Waals surface area contributed by atoms with Gasteiger partial charge in [0.15, 0.2) is 5.65 Å². The molecule has 0 amide bonds. The van der Waals surface area contributed by atoms with E-state index in [1.54, 1.807) is 10.9 Å². The molecule has 2 heterocycles. The van der Waals surface area contributed by atoms with Crippen molar-refractivity contribution in [2.45, 2.75) is 20.8 Å². The molecule has 0 saturated heterocycles. The van der Waals surface area contributed by atoms with E-state index in [9.17, 15) is 0 Å². The van der Waals surface area contributed by atoms with Crippen LogP contribution in [0, 0.1) is 6.92 Å². The van der Waals surface area contributed by atoms with Gasteiger partial charge in [0.2, 0.25) is 0 Å². The first kappa shape index (κ1) is 11.5. The molecule has 2 N–H and O–H groups in total. The van der Waals surface area contributed by atoms with Gasteiger partial charge >= 0.3 is 0 Å². The topological polar surface area (TPSA) is 43.8 Å². The Labute approximate surface area is 101 Å². The number of aromatic nitrogens is 2. The number of hydrogen-bond acceptors (Lipinski definition) is 2. The lowest BCUT2D eigenvalue weighted by Gasteiger charge is -1.97. The Morgan fingerprint density at radius 3 is 2.65 bits per heavy atom. The molecule has 0 aliphatic carbocycles. The molecule has 0 spiro atoms. The SMILES string of the molecule is CC.Cc1ccc2c3cccnc3n(N)c2c1. The van der Waals surface area contributed by atoms with Crippen molar-refractivity contribution in [2.24, 2.45) is 0 Å². The summed E-state index contributed by atoms with van der Waals surface area (Å²) in [5, 5.41) is 2.26. The second kappa shape index (κ2) is 4.45. The summed E-state index contributed by atoms with van der Waals surface area (Å²) in [6.07, 6.45) is 1.76. The molecule has 0 saturated carbocycles. The van der Waals surface area contributed by atoms with Crippen molar-refractivity contribution in [3.8, 4) is 0 Å². The maximum absolute atomic E-state index is 6.00. The molecule has 17 heavy (non-hydrogen) atoms. The Balaban J connectivity index is 0.000000514. The zero-order chi connectivity index (χ0) is 12.4. The van der Waals surface area contributed by atoms with Gasteiger partial charge in [-0.2, -0.15) is 0 Å². The molecule has 2 aromatic heterocycles. The summed E-state index contributed by atoms with van der Waals surface area (Å²) >= 11 is 0. The molecule has 0 atom stereocenters. The van der Waals surface area contributed by atoms with Crippen LogP contribution >= 0.6 is 0 Å². The third-order valence-electron chi connectivity index (χ3n) is 2.72. The number of rotatable bonds is 0. The molecule has 1 aromatic carbocycles. The van der Waals surface area contributed by atoms with Gasteiger partial charge in [0.1, 0.15) is 0 Å². The van der Waals surface area contributed by atoms with E-state index >= 15 is 0 Å². The zero-order valence-electron chi connectivity index (χ0n) is 10.4. The average molecular weight is 227 g/mol. The lowest BCUT2D eigenvalue weighted by atomic mass is 10.1. The van der Waals surface area contributed by atoms with Crippen LogP contribution in [0.4, 0.5) is 0 Å². The molecule has 88 valence electrons. The number of aryl methyl sites for hydroxylation is 1. The highest BCUT2D eigenvalue weighted by molar-refractivity contribution is 6.06. The minimum Gasteiger partial charge on any atom is -0.337 e. The predicted molar refractivity (Wildman–Crippen MR) is 73.5 cm³/mol. The minimum atomic E-state index is 0.832. The fourth-order valence-electron chi connectivity index (χ4n) is 1.98. The lowest BCUT2D eigenvalue weighted by Crippen LogP contribution is -2.07. The van der Waals surface area contributed by atoms with E-state index in [-0.39, 0.29) is 0 Å². The van der Waals surface area contributed by atoms with E-state index < -0.39 is 0 Å².